The minimum atomic E-state index is -0.519. The third kappa shape index (κ3) is 3.31. The first-order valence-electron chi connectivity index (χ1n) is 10.5. The normalized spacial score (nSPS) is 28.1. The van der Waals surface area contributed by atoms with Crippen molar-refractivity contribution in [2.24, 2.45) is 11.8 Å². The second kappa shape index (κ2) is 7.80. The molecule has 2 aliphatic heterocycles. The molecule has 2 N–H and O–H groups in total. The molecule has 1 aromatic carbocycles. The van der Waals surface area contributed by atoms with Crippen molar-refractivity contribution in [1.29, 1.82) is 5.26 Å². The number of cyclic esters (lactones) is 1. The first kappa shape index (κ1) is 20.8. The number of piperidine rings is 1. The Kier molecular flexibility index (Phi) is 5.07. The van der Waals surface area contributed by atoms with E-state index < -0.39 is 17.3 Å². The fourth-order valence-corrected chi connectivity index (χ4v) is 5.03. The largest absolute Gasteiger partial charge is 0.442 e. The Morgan fingerprint density at radius 1 is 1.41 bits per heavy atom. The van der Waals surface area contributed by atoms with Crippen LogP contribution in [0.1, 0.15) is 12.6 Å². The van der Waals surface area contributed by atoms with Gasteiger partial charge in [0, 0.05) is 42.2 Å². The van der Waals surface area contributed by atoms with Crippen LogP contribution in [0.25, 0.3) is 11.1 Å². The quantitative estimate of drug-likeness (QED) is 0.676. The number of nitrogens with zero attached hydrogens (tertiary/aromatic N) is 3. The van der Waals surface area contributed by atoms with E-state index in [-0.39, 0.29) is 6.10 Å². The van der Waals surface area contributed by atoms with Crippen LogP contribution in [-0.4, -0.2) is 48.3 Å². The summed E-state index contributed by atoms with van der Waals surface area (Å²) in [5.41, 5.74) is 1.68. The van der Waals surface area contributed by atoms with Gasteiger partial charge >= 0.3 is 6.09 Å². The summed E-state index contributed by atoms with van der Waals surface area (Å²) in [6.07, 6.45) is 0.751. The molecule has 3 aliphatic rings. The van der Waals surface area contributed by atoms with E-state index in [1.54, 1.807) is 31.3 Å². The Hall–Kier alpha value is -3.09. The lowest BCUT2D eigenvalue weighted by atomic mass is 9.96. The molecule has 3 heterocycles. The predicted octanol–water partition coefficient (Wildman–Crippen LogP) is 2.76. The number of anilines is 1. The van der Waals surface area contributed by atoms with Gasteiger partial charge in [-0.1, -0.05) is 18.3 Å². The highest BCUT2D eigenvalue weighted by Crippen LogP contribution is 2.60. The zero-order chi connectivity index (χ0) is 22.5. The molecule has 2 saturated heterocycles. The van der Waals surface area contributed by atoms with E-state index in [0.29, 0.717) is 46.7 Å². The van der Waals surface area contributed by atoms with Crippen LogP contribution in [0, 0.1) is 29.0 Å². The van der Waals surface area contributed by atoms with E-state index in [2.05, 4.69) is 21.7 Å². The summed E-state index contributed by atoms with van der Waals surface area (Å²) < 4.78 is 20.3. The average molecular weight is 452 g/mol. The molecule has 1 unspecified atom stereocenters. The number of rotatable bonds is 5. The molecule has 164 valence electrons. The summed E-state index contributed by atoms with van der Waals surface area (Å²) in [6.45, 7) is 4.15. The summed E-state index contributed by atoms with van der Waals surface area (Å²) in [5.74, 6) is 0.145. The number of halogens is 1. The van der Waals surface area contributed by atoms with Crippen LogP contribution in [0.3, 0.4) is 0 Å². The minimum Gasteiger partial charge on any atom is -0.442 e. The molecule has 0 bridgehead atoms. The zero-order valence-electron chi connectivity index (χ0n) is 17.5. The lowest BCUT2D eigenvalue weighted by molar-refractivity contribution is 0.143. The van der Waals surface area contributed by atoms with Crippen molar-refractivity contribution in [1.82, 2.24) is 15.6 Å². The van der Waals surface area contributed by atoms with Gasteiger partial charge in [-0.15, -0.1) is 0 Å². The van der Waals surface area contributed by atoms with Crippen LogP contribution >= 0.6 is 12.2 Å². The van der Waals surface area contributed by atoms with Crippen molar-refractivity contribution >= 4 is 29.0 Å². The van der Waals surface area contributed by atoms with Gasteiger partial charge in [-0.25, -0.2) is 9.18 Å². The number of nitriles is 1. The van der Waals surface area contributed by atoms with E-state index >= 15 is 0 Å². The number of ether oxygens (including phenoxy) is 1. The molecule has 2 aromatic rings. The standard InChI is InChI=1S/C23H22FN5O2S/c1-13(32)27-8-16-11-29(22(30)31-16)15-3-4-17(20(24)6-15)14-2-5-21(28-7-14)23(12-25)18-9-26-10-19(18)23/h2-7,16,18-19,26H,8-11H2,1H3,(H,27,32)/t16-,18-,19+,23?/m0/s1. The molecular formula is C23H22FN5O2S. The van der Waals surface area contributed by atoms with Gasteiger partial charge in [0.15, 0.2) is 0 Å². The SMILES string of the molecule is CC(=S)NC[C@H]1CN(c2ccc(-c3ccc(C4(C#N)[C@@H]5CNC[C@@H]54)nc3)c(F)c2)C(=O)O1. The number of carbonyl (C=O) groups excluding carboxylic acids is 1. The van der Waals surface area contributed by atoms with Crippen LogP contribution in [0.15, 0.2) is 36.5 Å². The van der Waals surface area contributed by atoms with Crippen molar-refractivity contribution in [2.45, 2.75) is 18.4 Å². The number of nitrogens with one attached hydrogen (secondary N) is 2. The Balaban J connectivity index is 1.32. The van der Waals surface area contributed by atoms with E-state index in [9.17, 15) is 14.4 Å². The van der Waals surface area contributed by atoms with E-state index in [0.717, 1.165) is 18.8 Å². The number of thiocarbonyl (C=S) groups is 1. The molecule has 0 radical (unpaired) electrons. The maximum absolute atomic E-state index is 15.0. The fourth-order valence-electron chi connectivity index (χ4n) is 4.94. The molecule has 0 spiro atoms. The summed E-state index contributed by atoms with van der Waals surface area (Å²) in [4.78, 5) is 18.8. The lowest BCUT2D eigenvalue weighted by Crippen LogP contribution is -2.32. The van der Waals surface area contributed by atoms with Gasteiger partial charge in [0.1, 0.15) is 17.3 Å². The Morgan fingerprint density at radius 2 is 2.19 bits per heavy atom. The zero-order valence-corrected chi connectivity index (χ0v) is 18.3. The van der Waals surface area contributed by atoms with Gasteiger partial charge in [0.2, 0.25) is 0 Å². The molecule has 4 atom stereocenters. The second-order valence-corrected chi connectivity index (χ2v) is 9.11. The van der Waals surface area contributed by atoms with Crippen LogP contribution in [-0.2, 0) is 10.2 Å². The third-order valence-electron chi connectivity index (χ3n) is 6.68. The number of benzene rings is 1. The molecule has 1 aromatic heterocycles. The van der Waals surface area contributed by atoms with Crippen molar-refractivity contribution in [3.05, 3.63) is 48.0 Å². The van der Waals surface area contributed by atoms with Gasteiger partial charge in [-0.2, -0.15) is 5.26 Å². The van der Waals surface area contributed by atoms with E-state index in [4.69, 9.17) is 17.0 Å². The number of aromatic nitrogens is 1. The lowest BCUT2D eigenvalue weighted by Gasteiger charge is -2.15. The minimum absolute atomic E-state index is 0.300. The number of amides is 1. The van der Waals surface area contributed by atoms with E-state index in [1.165, 1.54) is 11.0 Å². The highest BCUT2D eigenvalue weighted by molar-refractivity contribution is 7.80. The monoisotopic (exact) mass is 451 g/mol. The van der Waals surface area contributed by atoms with Gasteiger partial charge in [0.25, 0.3) is 0 Å². The number of pyridine rings is 1. The van der Waals surface area contributed by atoms with Crippen molar-refractivity contribution < 1.29 is 13.9 Å². The fraction of sp³-hybridized carbons (Fsp3) is 0.391. The van der Waals surface area contributed by atoms with Crippen molar-refractivity contribution in [3.8, 4) is 17.2 Å². The Labute approximate surface area is 190 Å². The van der Waals surface area contributed by atoms with Crippen molar-refractivity contribution in [3.63, 3.8) is 0 Å². The number of hydrogen-bond donors (Lipinski definition) is 2. The number of fused-ring (bicyclic) bond motifs is 1. The Bertz CT molecular complexity index is 1120. The summed E-state index contributed by atoms with van der Waals surface area (Å²) in [5, 5.41) is 16.0. The van der Waals surface area contributed by atoms with Gasteiger partial charge < -0.3 is 15.4 Å². The summed E-state index contributed by atoms with van der Waals surface area (Å²) >= 11 is 4.98. The first-order valence-corrected chi connectivity index (χ1v) is 11.0. The maximum atomic E-state index is 15.0. The van der Waals surface area contributed by atoms with Gasteiger partial charge in [0.05, 0.1) is 35.5 Å². The third-order valence-corrected chi connectivity index (χ3v) is 6.82. The molecule has 1 aliphatic carbocycles. The number of carbonyl (C=O) groups is 1. The topological polar surface area (TPSA) is 90.3 Å². The molecular weight excluding hydrogens is 429 g/mol. The van der Waals surface area contributed by atoms with E-state index in [1.807, 2.05) is 6.07 Å². The highest BCUT2D eigenvalue weighted by Gasteiger charge is 2.69. The molecule has 1 saturated carbocycles. The van der Waals surface area contributed by atoms with Crippen LogP contribution in [0.5, 0.6) is 0 Å². The predicted molar refractivity (Wildman–Crippen MR) is 121 cm³/mol. The molecule has 7 nitrogen and oxygen atoms in total. The Morgan fingerprint density at radius 3 is 2.81 bits per heavy atom. The average Bonchev–Trinajstić information content (AvgIpc) is 3.09. The van der Waals surface area contributed by atoms with Gasteiger partial charge in [-0.05, 0) is 31.2 Å². The molecule has 3 fully saturated rings. The van der Waals surface area contributed by atoms with Crippen LogP contribution in [0.4, 0.5) is 14.9 Å². The molecule has 32 heavy (non-hydrogen) atoms. The smallest absolute Gasteiger partial charge is 0.414 e. The van der Waals surface area contributed by atoms with Crippen LogP contribution < -0.4 is 15.5 Å². The van der Waals surface area contributed by atoms with Crippen LogP contribution in [0.2, 0.25) is 0 Å². The highest BCUT2D eigenvalue weighted by atomic mass is 32.1. The van der Waals surface area contributed by atoms with Crippen molar-refractivity contribution in [2.75, 3.05) is 31.1 Å². The summed E-state index contributed by atoms with van der Waals surface area (Å²) in [7, 11) is 0. The first-order chi connectivity index (χ1) is 15.4. The maximum Gasteiger partial charge on any atom is 0.414 e. The molecule has 1 amide bonds. The number of hydrogen-bond acceptors (Lipinski definition) is 6. The molecule has 5 rings (SSSR count). The summed E-state index contributed by atoms with van der Waals surface area (Å²) in [6, 6.07) is 10.8. The second-order valence-electron chi connectivity index (χ2n) is 8.50. The van der Waals surface area contributed by atoms with Gasteiger partial charge in [-0.3, -0.25) is 9.88 Å². The molecule has 9 heteroatoms.